The van der Waals surface area contributed by atoms with Crippen LogP contribution in [0.4, 0.5) is 4.79 Å². The predicted molar refractivity (Wildman–Crippen MR) is 51.2 cm³/mol. The molecular weight excluding hydrogens is 152 g/mol. The summed E-state index contributed by atoms with van der Waals surface area (Å²) in [5.74, 6) is 0. The molecule has 0 aromatic heterocycles. The lowest BCUT2D eigenvalue weighted by atomic mass is 10.1. The molecule has 3 heteroatoms. The fourth-order valence-corrected chi connectivity index (χ4v) is 1.28. The summed E-state index contributed by atoms with van der Waals surface area (Å²) in [6, 6.07) is 0.405. The van der Waals surface area contributed by atoms with Gasteiger partial charge >= 0.3 is 6.03 Å². The maximum atomic E-state index is 11.3. The number of rotatable bonds is 4. The van der Waals surface area contributed by atoms with Crippen molar-refractivity contribution >= 4 is 6.03 Å². The van der Waals surface area contributed by atoms with Gasteiger partial charge in [0, 0.05) is 19.6 Å². The topological polar surface area (TPSA) is 32.3 Å². The van der Waals surface area contributed by atoms with Crippen molar-refractivity contribution in [3.63, 3.8) is 0 Å². The Balaban J connectivity index is 3.96. The molecule has 0 unspecified atom stereocenters. The Kier molecular flexibility index (Phi) is 5.51. The highest BCUT2D eigenvalue weighted by atomic mass is 16.2. The van der Waals surface area contributed by atoms with Crippen LogP contribution in [-0.2, 0) is 0 Å². The molecule has 72 valence electrons. The molecule has 0 aliphatic heterocycles. The van der Waals surface area contributed by atoms with Crippen LogP contribution in [0.15, 0.2) is 0 Å². The van der Waals surface area contributed by atoms with Gasteiger partial charge in [-0.2, -0.15) is 0 Å². The van der Waals surface area contributed by atoms with E-state index in [9.17, 15) is 4.79 Å². The maximum Gasteiger partial charge on any atom is 0.317 e. The summed E-state index contributed by atoms with van der Waals surface area (Å²) in [4.78, 5) is 13.1. The summed E-state index contributed by atoms with van der Waals surface area (Å²) in [6.07, 6.45) is 2.04. The van der Waals surface area contributed by atoms with Crippen molar-refractivity contribution in [1.29, 1.82) is 0 Å². The molecule has 2 amide bonds. The monoisotopic (exact) mass is 172 g/mol. The van der Waals surface area contributed by atoms with E-state index in [-0.39, 0.29) is 6.03 Å². The molecule has 0 radical (unpaired) electrons. The number of urea groups is 1. The molecule has 0 heterocycles. The maximum absolute atomic E-state index is 11.3. The molecule has 0 saturated heterocycles. The number of carbonyl (C=O) groups excluding carboxylic acids is 1. The van der Waals surface area contributed by atoms with Crippen molar-refractivity contribution in [2.75, 3.05) is 13.6 Å². The summed E-state index contributed by atoms with van der Waals surface area (Å²) in [5, 5.41) is 2.78. The Morgan fingerprint density at radius 3 is 2.17 bits per heavy atom. The van der Waals surface area contributed by atoms with Gasteiger partial charge < -0.3 is 10.2 Å². The zero-order valence-corrected chi connectivity index (χ0v) is 8.55. The van der Waals surface area contributed by atoms with Crippen LogP contribution in [0.1, 0.15) is 33.6 Å². The van der Waals surface area contributed by atoms with Gasteiger partial charge in [0.05, 0.1) is 0 Å². The minimum Gasteiger partial charge on any atom is -0.338 e. The van der Waals surface area contributed by atoms with Gasteiger partial charge in [0.25, 0.3) is 0 Å². The molecule has 0 aromatic carbocycles. The van der Waals surface area contributed by atoms with Crippen LogP contribution in [0.2, 0.25) is 0 Å². The summed E-state index contributed by atoms with van der Waals surface area (Å²) in [5.41, 5.74) is 0. The van der Waals surface area contributed by atoms with Gasteiger partial charge in [-0.3, -0.25) is 0 Å². The molecule has 0 aliphatic carbocycles. The molecule has 0 aliphatic rings. The first kappa shape index (κ1) is 11.3. The van der Waals surface area contributed by atoms with Crippen LogP contribution < -0.4 is 5.32 Å². The van der Waals surface area contributed by atoms with E-state index >= 15 is 0 Å². The third-order valence-corrected chi connectivity index (χ3v) is 2.14. The van der Waals surface area contributed by atoms with Crippen LogP contribution in [0.3, 0.4) is 0 Å². The first-order valence-corrected chi connectivity index (χ1v) is 4.67. The van der Waals surface area contributed by atoms with Gasteiger partial charge in [0.2, 0.25) is 0 Å². The molecule has 0 aromatic rings. The van der Waals surface area contributed by atoms with Gasteiger partial charge in [-0.1, -0.05) is 13.8 Å². The van der Waals surface area contributed by atoms with Gasteiger partial charge in [-0.15, -0.1) is 0 Å². The number of hydrogen-bond donors (Lipinski definition) is 1. The van der Waals surface area contributed by atoms with E-state index in [1.807, 2.05) is 14.0 Å². The summed E-state index contributed by atoms with van der Waals surface area (Å²) in [6.45, 7) is 6.83. The molecule has 0 spiro atoms. The summed E-state index contributed by atoms with van der Waals surface area (Å²) >= 11 is 0. The van der Waals surface area contributed by atoms with Gasteiger partial charge in [0.1, 0.15) is 0 Å². The molecule has 0 bridgehead atoms. The Morgan fingerprint density at radius 1 is 1.33 bits per heavy atom. The third-order valence-electron chi connectivity index (χ3n) is 2.14. The number of amides is 2. The van der Waals surface area contributed by atoms with E-state index in [1.165, 1.54) is 0 Å². The number of nitrogens with zero attached hydrogens (tertiary/aromatic N) is 1. The molecule has 0 saturated carbocycles. The van der Waals surface area contributed by atoms with Gasteiger partial charge in [-0.25, -0.2) is 4.79 Å². The van der Waals surface area contributed by atoms with E-state index in [0.717, 1.165) is 12.8 Å². The Bertz CT molecular complexity index is 132. The fraction of sp³-hybridized carbons (Fsp3) is 0.889. The van der Waals surface area contributed by atoms with Crippen LogP contribution in [0.5, 0.6) is 0 Å². The van der Waals surface area contributed by atoms with Crippen LogP contribution in [0.25, 0.3) is 0 Å². The summed E-state index contributed by atoms with van der Waals surface area (Å²) < 4.78 is 0. The standard InChI is InChI=1S/C9H20N2O/c1-5-8(6-2)11(4)9(12)10-7-3/h8H,5-7H2,1-4H3,(H,10,12). The van der Waals surface area contributed by atoms with Crippen molar-refractivity contribution in [2.45, 2.75) is 39.7 Å². The van der Waals surface area contributed by atoms with Crippen molar-refractivity contribution in [1.82, 2.24) is 10.2 Å². The van der Waals surface area contributed by atoms with E-state index in [2.05, 4.69) is 19.2 Å². The van der Waals surface area contributed by atoms with E-state index in [0.29, 0.717) is 12.6 Å². The second kappa shape index (κ2) is 5.86. The van der Waals surface area contributed by atoms with Crippen molar-refractivity contribution in [3.05, 3.63) is 0 Å². The smallest absolute Gasteiger partial charge is 0.317 e. The molecule has 3 nitrogen and oxygen atoms in total. The molecule has 0 fully saturated rings. The zero-order valence-electron chi connectivity index (χ0n) is 8.55. The quantitative estimate of drug-likeness (QED) is 0.689. The Morgan fingerprint density at radius 2 is 1.83 bits per heavy atom. The van der Waals surface area contributed by atoms with Crippen LogP contribution in [0, 0.1) is 0 Å². The van der Waals surface area contributed by atoms with Crippen LogP contribution >= 0.6 is 0 Å². The highest BCUT2D eigenvalue weighted by molar-refractivity contribution is 5.74. The zero-order chi connectivity index (χ0) is 9.56. The first-order valence-electron chi connectivity index (χ1n) is 4.67. The molecule has 0 atom stereocenters. The lowest BCUT2D eigenvalue weighted by molar-refractivity contribution is 0.187. The van der Waals surface area contributed by atoms with E-state index in [4.69, 9.17) is 0 Å². The second-order valence-electron chi connectivity index (χ2n) is 2.92. The normalized spacial score (nSPS) is 10.1. The lowest BCUT2D eigenvalue weighted by Gasteiger charge is -2.26. The molecular formula is C9H20N2O. The molecule has 0 rings (SSSR count). The molecule has 1 N–H and O–H groups in total. The van der Waals surface area contributed by atoms with E-state index in [1.54, 1.807) is 4.90 Å². The minimum atomic E-state index is 0.0335. The predicted octanol–water partition coefficient (Wildman–Crippen LogP) is 1.84. The van der Waals surface area contributed by atoms with Crippen molar-refractivity contribution in [3.8, 4) is 0 Å². The van der Waals surface area contributed by atoms with Crippen LogP contribution in [-0.4, -0.2) is 30.6 Å². The van der Waals surface area contributed by atoms with E-state index < -0.39 is 0 Å². The third kappa shape index (κ3) is 3.11. The largest absolute Gasteiger partial charge is 0.338 e. The van der Waals surface area contributed by atoms with Gasteiger partial charge in [-0.05, 0) is 19.8 Å². The lowest BCUT2D eigenvalue weighted by Crippen LogP contribution is -2.43. The Labute approximate surface area is 75.1 Å². The highest BCUT2D eigenvalue weighted by Gasteiger charge is 2.14. The minimum absolute atomic E-state index is 0.0335. The number of nitrogens with one attached hydrogen (secondary N) is 1. The summed E-state index contributed by atoms with van der Waals surface area (Å²) in [7, 11) is 1.85. The Hall–Kier alpha value is -0.730. The number of carbonyl (C=O) groups is 1. The average molecular weight is 172 g/mol. The fourth-order valence-electron chi connectivity index (χ4n) is 1.28. The first-order chi connectivity index (χ1) is 5.67. The van der Waals surface area contributed by atoms with Gasteiger partial charge in [0.15, 0.2) is 0 Å². The molecule has 12 heavy (non-hydrogen) atoms. The van der Waals surface area contributed by atoms with Crippen molar-refractivity contribution in [2.24, 2.45) is 0 Å². The van der Waals surface area contributed by atoms with Crippen molar-refractivity contribution < 1.29 is 4.79 Å². The average Bonchev–Trinajstić information content (AvgIpc) is 2.07. The SMILES string of the molecule is CCNC(=O)N(C)C(CC)CC. The second-order valence-corrected chi connectivity index (χ2v) is 2.92. The number of hydrogen-bond acceptors (Lipinski definition) is 1. The highest BCUT2D eigenvalue weighted by Crippen LogP contribution is 2.05.